The van der Waals surface area contributed by atoms with E-state index in [1.807, 2.05) is 18.4 Å². The average Bonchev–Trinajstić information content (AvgIpc) is 3.19. The van der Waals surface area contributed by atoms with Crippen molar-refractivity contribution in [3.63, 3.8) is 0 Å². The van der Waals surface area contributed by atoms with E-state index in [1.54, 1.807) is 43.4 Å². The third kappa shape index (κ3) is 3.28. The van der Waals surface area contributed by atoms with Crippen molar-refractivity contribution in [2.75, 3.05) is 6.61 Å². The topological polar surface area (TPSA) is 122 Å². The molecule has 1 N–H and O–H groups in total. The molecule has 5 rings (SSSR count). The van der Waals surface area contributed by atoms with Gasteiger partial charge in [0.1, 0.15) is 11.9 Å². The van der Waals surface area contributed by atoms with Gasteiger partial charge >= 0.3 is 5.69 Å². The van der Waals surface area contributed by atoms with E-state index in [-0.39, 0.29) is 23.4 Å². The normalized spacial score (nSPS) is 16.9. The quantitative estimate of drug-likeness (QED) is 0.358. The summed E-state index contributed by atoms with van der Waals surface area (Å²) in [4.78, 5) is 37.6. The number of nitro benzene ring substituents is 1. The molecule has 1 atom stereocenters. The summed E-state index contributed by atoms with van der Waals surface area (Å²) >= 11 is 0. The van der Waals surface area contributed by atoms with Crippen molar-refractivity contribution in [3.8, 4) is 17.0 Å². The minimum absolute atomic E-state index is 0.0575. The summed E-state index contributed by atoms with van der Waals surface area (Å²) in [6, 6.07) is 12.7. The first-order valence-corrected chi connectivity index (χ1v) is 11.0. The molecule has 10 nitrogen and oxygen atoms in total. The van der Waals surface area contributed by atoms with Crippen LogP contribution in [0.4, 0.5) is 5.69 Å². The van der Waals surface area contributed by atoms with Gasteiger partial charge in [-0.05, 0) is 31.5 Å². The number of phenols is 1. The Bertz CT molecular complexity index is 1640. The van der Waals surface area contributed by atoms with Crippen LogP contribution in [-0.2, 0) is 24.4 Å². The number of non-ortho nitro benzene ring substituents is 1. The fraction of sp³-hybridized carbons (Fsp3) is 0.280. The Morgan fingerprint density at radius 3 is 2.49 bits per heavy atom. The van der Waals surface area contributed by atoms with Crippen LogP contribution in [0.25, 0.3) is 22.2 Å². The van der Waals surface area contributed by atoms with Gasteiger partial charge in [0, 0.05) is 31.8 Å². The zero-order valence-corrected chi connectivity index (χ0v) is 19.7. The van der Waals surface area contributed by atoms with Gasteiger partial charge < -0.3 is 14.4 Å². The van der Waals surface area contributed by atoms with Gasteiger partial charge in [-0.15, -0.1) is 0 Å². The van der Waals surface area contributed by atoms with E-state index in [9.17, 15) is 24.8 Å². The lowest BCUT2D eigenvalue weighted by Gasteiger charge is -2.39. The van der Waals surface area contributed by atoms with E-state index in [0.717, 1.165) is 4.57 Å². The molecule has 10 heteroatoms. The largest absolute Gasteiger partial charge is 0.508 e. The fourth-order valence-electron chi connectivity index (χ4n) is 4.98. The number of aromatic hydroxyl groups is 1. The summed E-state index contributed by atoms with van der Waals surface area (Å²) < 4.78 is 10.7. The van der Waals surface area contributed by atoms with Crippen LogP contribution in [0.5, 0.6) is 5.75 Å². The molecule has 1 unspecified atom stereocenters. The number of hydrogen-bond donors (Lipinski definition) is 1. The summed E-state index contributed by atoms with van der Waals surface area (Å²) in [7, 11) is 3.00. The summed E-state index contributed by atoms with van der Waals surface area (Å²) in [6.45, 7) is 4.15. The molecular weight excluding hydrogens is 452 g/mol. The SMILES string of the molecule is Cn1c(=O)c2c(-c3cccc([N+](=O)[O-])c3)n3c(c2n(C)c1=O)C(c1cccc(O)c1)OCC3(C)C. The van der Waals surface area contributed by atoms with Crippen molar-refractivity contribution in [1.82, 2.24) is 13.7 Å². The molecular formula is C25H24N4O6. The Hall–Kier alpha value is -4.18. The average molecular weight is 476 g/mol. The second-order valence-electron chi connectivity index (χ2n) is 9.40. The molecule has 0 amide bonds. The first kappa shape index (κ1) is 22.6. The van der Waals surface area contributed by atoms with E-state index in [1.165, 1.54) is 23.7 Å². The molecule has 0 radical (unpaired) electrons. The molecule has 0 fully saturated rings. The Balaban J connectivity index is 2.01. The van der Waals surface area contributed by atoms with Crippen molar-refractivity contribution in [3.05, 3.63) is 90.7 Å². The van der Waals surface area contributed by atoms with Crippen LogP contribution in [-0.4, -0.2) is 30.3 Å². The predicted molar refractivity (Wildman–Crippen MR) is 130 cm³/mol. The van der Waals surface area contributed by atoms with Crippen molar-refractivity contribution >= 4 is 16.6 Å². The highest BCUT2D eigenvalue weighted by molar-refractivity contribution is 5.97. The fourth-order valence-corrected chi connectivity index (χ4v) is 4.98. The molecule has 0 aliphatic carbocycles. The summed E-state index contributed by atoms with van der Waals surface area (Å²) in [5.41, 5.74) is 0.798. The molecule has 180 valence electrons. The highest BCUT2D eigenvalue weighted by Crippen LogP contribution is 2.46. The number of benzene rings is 2. The summed E-state index contributed by atoms with van der Waals surface area (Å²) in [6.07, 6.45) is -0.692. The van der Waals surface area contributed by atoms with Crippen molar-refractivity contribution < 1.29 is 14.8 Å². The first-order valence-electron chi connectivity index (χ1n) is 11.0. The van der Waals surface area contributed by atoms with Crippen LogP contribution in [0.1, 0.15) is 31.2 Å². The Kier molecular flexibility index (Phi) is 4.95. The lowest BCUT2D eigenvalue weighted by atomic mass is 9.98. The maximum Gasteiger partial charge on any atom is 0.331 e. The molecule has 35 heavy (non-hydrogen) atoms. The molecule has 2 aromatic carbocycles. The monoisotopic (exact) mass is 476 g/mol. The van der Waals surface area contributed by atoms with Crippen LogP contribution >= 0.6 is 0 Å². The van der Waals surface area contributed by atoms with Gasteiger partial charge in [-0.25, -0.2) is 4.79 Å². The minimum atomic E-state index is -0.692. The second kappa shape index (κ2) is 7.67. The lowest BCUT2D eigenvalue weighted by molar-refractivity contribution is -0.384. The van der Waals surface area contributed by atoms with E-state index < -0.39 is 27.8 Å². The highest BCUT2D eigenvalue weighted by atomic mass is 16.6. The predicted octanol–water partition coefficient (Wildman–Crippen LogP) is 3.17. The third-order valence-corrected chi connectivity index (χ3v) is 6.57. The lowest BCUT2D eigenvalue weighted by Crippen LogP contribution is -2.40. The number of fused-ring (bicyclic) bond motifs is 3. The zero-order valence-electron chi connectivity index (χ0n) is 19.7. The summed E-state index contributed by atoms with van der Waals surface area (Å²) in [5.74, 6) is 0.0575. The van der Waals surface area contributed by atoms with Gasteiger partial charge in [-0.2, -0.15) is 0 Å². The number of nitrogens with zero attached hydrogens (tertiary/aromatic N) is 4. The molecule has 3 heterocycles. The first-order chi connectivity index (χ1) is 16.5. The van der Waals surface area contributed by atoms with Crippen LogP contribution in [0.3, 0.4) is 0 Å². The molecule has 2 aromatic heterocycles. The molecule has 1 aliphatic heterocycles. The van der Waals surface area contributed by atoms with Gasteiger partial charge in [0.05, 0.1) is 39.4 Å². The van der Waals surface area contributed by atoms with Gasteiger partial charge in [0.25, 0.3) is 11.2 Å². The Labute approximate surface area is 199 Å². The molecule has 0 bridgehead atoms. The van der Waals surface area contributed by atoms with E-state index >= 15 is 0 Å². The number of aromatic nitrogens is 3. The van der Waals surface area contributed by atoms with Crippen LogP contribution < -0.4 is 11.2 Å². The standard InChI is InChI=1S/C25H24N4O6/c1-25(2)13-35-22(15-8-6-10-17(30)12-15)21-20-18(23(31)27(4)24(32)26(20)3)19(28(21)25)14-7-5-9-16(11-14)29(33)34/h5-12,22,30H,13H2,1-4H3. The highest BCUT2D eigenvalue weighted by Gasteiger charge is 2.41. The number of phenolic OH excluding ortho intramolecular Hbond substituents is 1. The Morgan fingerprint density at radius 2 is 1.80 bits per heavy atom. The smallest absolute Gasteiger partial charge is 0.331 e. The zero-order chi connectivity index (χ0) is 25.2. The molecule has 0 saturated heterocycles. The molecule has 1 aliphatic rings. The van der Waals surface area contributed by atoms with E-state index in [4.69, 9.17) is 4.74 Å². The Morgan fingerprint density at radius 1 is 1.09 bits per heavy atom. The van der Waals surface area contributed by atoms with Crippen molar-refractivity contribution in [2.24, 2.45) is 14.1 Å². The van der Waals surface area contributed by atoms with Crippen molar-refractivity contribution in [1.29, 1.82) is 0 Å². The number of nitro groups is 1. The van der Waals surface area contributed by atoms with Crippen LogP contribution in [0.15, 0.2) is 58.1 Å². The molecule has 0 spiro atoms. The molecule has 0 saturated carbocycles. The maximum atomic E-state index is 13.6. The minimum Gasteiger partial charge on any atom is -0.508 e. The summed E-state index contributed by atoms with van der Waals surface area (Å²) in [5, 5.41) is 21.9. The van der Waals surface area contributed by atoms with E-state index in [0.29, 0.717) is 28.0 Å². The molecule has 4 aromatic rings. The van der Waals surface area contributed by atoms with Crippen LogP contribution in [0, 0.1) is 10.1 Å². The maximum absolute atomic E-state index is 13.6. The number of rotatable bonds is 3. The van der Waals surface area contributed by atoms with Gasteiger partial charge in [0.2, 0.25) is 0 Å². The van der Waals surface area contributed by atoms with Gasteiger partial charge in [-0.1, -0.05) is 24.3 Å². The number of ether oxygens (including phenoxy) is 1. The number of hydrogen-bond acceptors (Lipinski definition) is 6. The second-order valence-corrected chi connectivity index (χ2v) is 9.40. The van der Waals surface area contributed by atoms with Crippen molar-refractivity contribution in [2.45, 2.75) is 25.5 Å². The third-order valence-electron chi connectivity index (χ3n) is 6.57. The van der Waals surface area contributed by atoms with Gasteiger partial charge in [-0.3, -0.25) is 24.0 Å². The van der Waals surface area contributed by atoms with E-state index in [2.05, 4.69) is 0 Å². The number of aryl methyl sites for hydroxylation is 1. The van der Waals surface area contributed by atoms with Crippen LogP contribution in [0.2, 0.25) is 0 Å². The van der Waals surface area contributed by atoms with Gasteiger partial charge in [0.15, 0.2) is 0 Å².